The predicted octanol–water partition coefficient (Wildman–Crippen LogP) is 3.92. The molecule has 9 heteroatoms. The third-order valence-electron chi connectivity index (χ3n) is 6.10. The minimum absolute atomic E-state index is 0.00150. The van der Waals surface area contributed by atoms with Crippen LogP contribution in [0.2, 0.25) is 0 Å². The second-order valence-electron chi connectivity index (χ2n) is 8.09. The number of amides is 1. The van der Waals surface area contributed by atoms with E-state index in [2.05, 4.69) is 10.4 Å². The number of aromatic nitrogens is 4. The number of aryl methyl sites for hydroxylation is 2. The Morgan fingerprint density at radius 3 is 2.90 bits per heavy atom. The monoisotopic (exact) mass is 443 g/mol. The molecule has 1 N–H and O–H groups in total. The molecule has 3 heterocycles. The van der Waals surface area contributed by atoms with Crippen LogP contribution in [0.15, 0.2) is 22.2 Å². The Morgan fingerprint density at radius 2 is 2.07 bits per heavy atom. The van der Waals surface area contributed by atoms with Crippen LogP contribution < -0.4 is 10.9 Å². The summed E-state index contributed by atoms with van der Waals surface area (Å²) in [5.41, 5.74) is 1.20. The van der Waals surface area contributed by atoms with E-state index in [9.17, 15) is 9.59 Å². The number of hydrogen-bond donors (Lipinski definition) is 1. The summed E-state index contributed by atoms with van der Waals surface area (Å²) >= 11 is 2.95. The van der Waals surface area contributed by atoms with Gasteiger partial charge in [0.05, 0.1) is 23.4 Å². The Balaban J connectivity index is 1.32. The summed E-state index contributed by atoms with van der Waals surface area (Å²) < 4.78 is 3.52. The first kappa shape index (κ1) is 19.8. The molecule has 0 aromatic carbocycles. The molecule has 1 amide bonds. The minimum atomic E-state index is -0.112. The van der Waals surface area contributed by atoms with Gasteiger partial charge in [0, 0.05) is 18.0 Å². The van der Waals surface area contributed by atoms with Gasteiger partial charge in [-0.2, -0.15) is 5.10 Å². The molecule has 0 aliphatic heterocycles. The zero-order chi connectivity index (χ0) is 20.7. The minimum Gasteiger partial charge on any atom is -0.310 e. The van der Waals surface area contributed by atoms with Crippen LogP contribution >= 0.6 is 23.1 Å². The van der Waals surface area contributed by atoms with E-state index in [-0.39, 0.29) is 17.2 Å². The first-order valence-corrected chi connectivity index (χ1v) is 12.4. The number of thioether (sulfide) groups is 1. The van der Waals surface area contributed by atoms with E-state index < -0.39 is 0 Å². The van der Waals surface area contributed by atoms with Crippen LogP contribution in [0.1, 0.15) is 55.0 Å². The average molecular weight is 444 g/mol. The molecule has 2 aliphatic carbocycles. The van der Waals surface area contributed by atoms with Gasteiger partial charge < -0.3 is 5.32 Å². The normalized spacial score (nSPS) is 16.8. The van der Waals surface area contributed by atoms with E-state index in [0.29, 0.717) is 11.2 Å². The van der Waals surface area contributed by atoms with Gasteiger partial charge in [0.25, 0.3) is 5.56 Å². The van der Waals surface area contributed by atoms with Gasteiger partial charge in [0.2, 0.25) is 5.91 Å². The number of thiophene rings is 1. The summed E-state index contributed by atoms with van der Waals surface area (Å²) in [5, 5.41) is 8.75. The number of hydrogen-bond acceptors (Lipinski definition) is 6. The van der Waals surface area contributed by atoms with Crippen LogP contribution in [0.5, 0.6) is 0 Å². The lowest BCUT2D eigenvalue weighted by Gasteiger charge is -2.14. The first-order valence-electron chi connectivity index (χ1n) is 10.6. The number of anilines is 1. The van der Waals surface area contributed by atoms with Crippen molar-refractivity contribution in [3.63, 3.8) is 0 Å². The summed E-state index contributed by atoms with van der Waals surface area (Å²) in [6, 6.07) is 2.22. The van der Waals surface area contributed by atoms with Crippen LogP contribution in [-0.4, -0.2) is 31.0 Å². The molecule has 2 aliphatic rings. The molecular weight excluding hydrogens is 418 g/mol. The number of nitrogens with one attached hydrogen (secondary N) is 1. The van der Waals surface area contributed by atoms with Crippen LogP contribution in [0.3, 0.4) is 0 Å². The van der Waals surface area contributed by atoms with Crippen molar-refractivity contribution in [1.82, 2.24) is 19.3 Å². The SMILES string of the molecule is Cn1c(SCC(=O)Nc2ccnn2C2CCCC2)nc2sc3c(c2c1=O)CCCC3. The summed E-state index contributed by atoms with van der Waals surface area (Å²) in [6.45, 7) is 0. The topological polar surface area (TPSA) is 81.8 Å². The molecule has 30 heavy (non-hydrogen) atoms. The quantitative estimate of drug-likeness (QED) is 0.477. The maximum absolute atomic E-state index is 13.0. The molecule has 0 saturated heterocycles. The van der Waals surface area contributed by atoms with E-state index in [1.165, 1.54) is 41.5 Å². The summed E-state index contributed by atoms with van der Waals surface area (Å²) in [4.78, 5) is 32.4. The maximum Gasteiger partial charge on any atom is 0.262 e. The van der Waals surface area contributed by atoms with Crippen molar-refractivity contribution < 1.29 is 4.79 Å². The third kappa shape index (κ3) is 3.58. The van der Waals surface area contributed by atoms with E-state index in [1.54, 1.807) is 29.1 Å². The highest BCUT2D eigenvalue weighted by Gasteiger charge is 2.23. The fourth-order valence-electron chi connectivity index (χ4n) is 4.56. The summed E-state index contributed by atoms with van der Waals surface area (Å²) in [7, 11) is 1.75. The first-order chi connectivity index (χ1) is 14.6. The number of fused-ring (bicyclic) bond motifs is 3. The van der Waals surface area contributed by atoms with Crippen LogP contribution in [0.4, 0.5) is 5.82 Å². The number of nitrogens with zero attached hydrogens (tertiary/aromatic N) is 4. The van der Waals surface area contributed by atoms with Gasteiger partial charge in [0.15, 0.2) is 5.16 Å². The second-order valence-corrected chi connectivity index (χ2v) is 10.1. The molecule has 5 rings (SSSR count). The highest BCUT2D eigenvalue weighted by molar-refractivity contribution is 7.99. The third-order valence-corrected chi connectivity index (χ3v) is 8.31. The molecule has 1 saturated carbocycles. The van der Waals surface area contributed by atoms with Crippen LogP contribution in [0.25, 0.3) is 10.2 Å². The number of carbonyl (C=O) groups excluding carboxylic acids is 1. The predicted molar refractivity (Wildman–Crippen MR) is 121 cm³/mol. The zero-order valence-electron chi connectivity index (χ0n) is 17.0. The number of rotatable bonds is 5. The fraction of sp³-hybridized carbons (Fsp3) is 0.524. The van der Waals surface area contributed by atoms with Gasteiger partial charge in [-0.15, -0.1) is 11.3 Å². The number of carbonyl (C=O) groups is 1. The Kier molecular flexibility index (Phi) is 5.41. The molecule has 0 spiro atoms. The van der Waals surface area contributed by atoms with Gasteiger partial charge >= 0.3 is 0 Å². The van der Waals surface area contributed by atoms with Gasteiger partial charge in [-0.25, -0.2) is 9.67 Å². The van der Waals surface area contributed by atoms with E-state index in [0.717, 1.165) is 48.1 Å². The summed E-state index contributed by atoms with van der Waals surface area (Å²) in [5.74, 6) is 0.836. The smallest absolute Gasteiger partial charge is 0.262 e. The molecule has 158 valence electrons. The van der Waals surface area contributed by atoms with Gasteiger partial charge in [-0.1, -0.05) is 24.6 Å². The highest BCUT2D eigenvalue weighted by Crippen LogP contribution is 2.35. The fourth-order valence-corrected chi connectivity index (χ4v) is 6.63. The lowest BCUT2D eigenvalue weighted by Crippen LogP contribution is -2.22. The van der Waals surface area contributed by atoms with Gasteiger partial charge in [0.1, 0.15) is 10.6 Å². The van der Waals surface area contributed by atoms with Crippen molar-refractivity contribution in [2.45, 2.75) is 62.6 Å². The molecule has 0 atom stereocenters. The van der Waals surface area contributed by atoms with Gasteiger partial charge in [-0.05, 0) is 44.1 Å². The molecule has 0 radical (unpaired) electrons. The molecule has 3 aromatic heterocycles. The van der Waals surface area contributed by atoms with E-state index >= 15 is 0 Å². The van der Waals surface area contributed by atoms with Crippen molar-refractivity contribution in [2.75, 3.05) is 11.1 Å². The average Bonchev–Trinajstić information content (AvgIpc) is 3.48. The molecule has 0 unspecified atom stereocenters. The van der Waals surface area contributed by atoms with E-state index in [4.69, 9.17) is 4.98 Å². The zero-order valence-corrected chi connectivity index (χ0v) is 18.7. The standard InChI is InChI=1S/C21H25N5O2S2/c1-25-20(28)18-14-8-4-5-9-15(14)30-19(18)24-21(25)29-12-17(27)23-16-10-11-22-26(16)13-6-2-3-7-13/h10-11,13H,2-9,12H2,1H3,(H,23,27). The lowest BCUT2D eigenvalue weighted by molar-refractivity contribution is -0.113. The highest BCUT2D eigenvalue weighted by atomic mass is 32.2. The van der Waals surface area contributed by atoms with E-state index in [1.807, 2.05) is 10.7 Å². The van der Waals surface area contributed by atoms with Crippen LogP contribution in [-0.2, 0) is 24.7 Å². The second kappa shape index (κ2) is 8.19. The van der Waals surface area contributed by atoms with Crippen molar-refractivity contribution >= 4 is 45.0 Å². The molecule has 3 aromatic rings. The Bertz CT molecular complexity index is 1160. The maximum atomic E-state index is 13.0. The molecule has 1 fully saturated rings. The lowest BCUT2D eigenvalue weighted by atomic mass is 9.97. The van der Waals surface area contributed by atoms with Crippen molar-refractivity contribution in [3.8, 4) is 0 Å². The van der Waals surface area contributed by atoms with Gasteiger partial charge in [-0.3, -0.25) is 14.2 Å². The van der Waals surface area contributed by atoms with Crippen LogP contribution in [0, 0.1) is 0 Å². The van der Waals surface area contributed by atoms with Crippen molar-refractivity contribution in [3.05, 3.63) is 33.1 Å². The molecule has 0 bridgehead atoms. The molecular formula is C21H25N5O2S2. The Hall–Kier alpha value is -2.13. The molecule has 7 nitrogen and oxygen atoms in total. The summed E-state index contributed by atoms with van der Waals surface area (Å²) in [6.07, 6.45) is 10.7. The largest absolute Gasteiger partial charge is 0.310 e. The van der Waals surface area contributed by atoms with Crippen molar-refractivity contribution in [2.24, 2.45) is 7.05 Å². The Morgan fingerprint density at radius 1 is 1.27 bits per heavy atom. The van der Waals surface area contributed by atoms with Crippen molar-refractivity contribution in [1.29, 1.82) is 0 Å². The Labute approximate surface area is 182 Å².